The van der Waals surface area contributed by atoms with Gasteiger partial charge in [0.15, 0.2) is 5.76 Å². The lowest BCUT2D eigenvalue weighted by atomic mass is 10.0. The average molecular weight is 298 g/mol. The lowest BCUT2D eigenvalue weighted by Crippen LogP contribution is -2.23. The third kappa shape index (κ3) is 2.92. The molecule has 1 aliphatic heterocycles. The van der Waals surface area contributed by atoms with E-state index < -0.39 is 0 Å². The molecule has 4 nitrogen and oxygen atoms in total. The van der Waals surface area contributed by atoms with E-state index in [0.717, 1.165) is 11.3 Å². The first-order chi connectivity index (χ1) is 10.7. The highest BCUT2D eigenvalue weighted by molar-refractivity contribution is 5.91. The summed E-state index contributed by atoms with van der Waals surface area (Å²) < 4.78 is 5.66. The van der Waals surface area contributed by atoms with Gasteiger partial charge in [-0.1, -0.05) is 18.2 Å². The molecule has 1 fully saturated rings. The van der Waals surface area contributed by atoms with Crippen molar-refractivity contribution in [3.63, 3.8) is 0 Å². The zero-order chi connectivity index (χ0) is 15.5. The maximum Gasteiger partial charge on any atom is 0.286 e. The molecule has 3 rings (SSSR count). The molecular weight excluding hydrogens is 276 g/mol. The second kappa shape index (κ2) is 6.36. The van der Waals surface area contributed by atoms with E-state index in [1.165, 1.54) is 31.5 Å². The molecule has 1 aromatic heterocycles. The van der Waals surface area contributed by atoms with Crippen molar-refractivity contribution in [2.45, 2.75) is 25.8 Å². The van der Waals surface area contributed by atoms with E-state index in [1.54, 1.807) is 13.1 Å². The Morgan fingerprint density at radius 3 is 2.73 bits per heavy atom. The molecule has 1 aliphatic rings. The smallest absolute Gasteiger partial charge is 0.286 e. The zero-order valence-electron chi connectivity index (χ0n) is 13.1. The Morgan fingerprint density at radius 2 is 2.00 bits per heavy atom. The van der Waals surface area contributed by atoms with Crippen molar-refractivity contribution in [1.29, 1.82) is 0 Å². The van der Waals surface area contributed by atoms with Crippen LogP contribution >= 0.6 is 0 Å². The second-order valence-corrected chi connectivity index (χ2v) is 5.79. The first-order valence-electron chi connectivity index (χ1n) is 7.85. The molecule has 0 saturated carbocycles. The fraction of sp³-hybridized carbons (Fsp3) is 0.389. The van der Waals surface area contributed by atoms with Gasteiger partial charge < -0.3 is 9.73 Å². The standard InChI is InChI=1S/C18H22N2O2/c1-13(20-10-3-4-11-20)14-6-5-7-15(12-14)16-8-9-17(22-16)18(21)19-2/h5-9,12-13H,3-4,10-11H2,1-2H3,(H,19,21)/t13-/m1/s1. The van der Waals surface area contributed by atoms with E-state index in [4.69, 9.17) is 4.42 Å². The summed E-state index contributed by atoms with van der Waals surface area (Å²) in [7, 11) is 1.60. The maximum atomic E-state index is 11.6. The van der Waals surface area contributed by atoms with Crippen LogP contribution in [0.25, 0.3) is 11.3 Å². The number of benzene rings is 1. The summed E-state index contributed by atoms with van der Waals surface area (Å²) in [6.07, 6.45) is 2.58. The summed E-state index contributed by atoms with van der Waals surface area (Å²) in [6.45, 7) is 4.60. The molecule has 0 bridgehead atoms. The summed E-state index contributed by atoms with van der Waals surface area (Å²) in [5.74, 6) is 0.873. The van der Waals surface area contributed by atoms with Gasteiger partial charge in [-0.25, -0.2) is 0 Å². The number of carbonyl (C=O) groups is 1. The minimum atomic E-state index is -0.201. The third-order valence-electron chi connectivity index (χ3n) is 4.40. The summed E-state index contributed by atoms with van der Waals surface area (Å²) >= 11 is 0. The Morgan fingerprint density at radius 1 is 1.23 bits per heavy atom. The van der Waals surface area contributed by atoms with Crippen LogP contribution in [0.4, 0.5) is 0 Å². The van der Waals surface area contributed by atoms with Crippen LogP contribution in [-0.2, 0) is 0 Å². The molecule has 0 spiro atoms. The molecule has 1 N–H and O–H groups in total. The van der Waals surface area contributed by atoms with Crippen LogP contribution in [0.5, 0.6) is 0 Å². The fourth-order valence-electron chi connectivity index (χ4n) is 3.03. The number of nitrogens with zero attached hydrogens (tertiary/aromatic N) is 1. The minimum absolute atomic E-state index is 0.201. The average Bonchev–Trinajstić information content (AvgIpc) is 3.25. The molecule has 1 amide bonds. The van der Waals surface area contributed by atoms with Crippen LogP contribution in [0.1, 0.15) is 41.9 Å². The minimum Gasteiger partial charge on any atom is -0.451 e. The molecule has 116 valence electrons. The Labute approximate surface area is 131 Å². The fourth-order valence-corrected chi connectivity index (χ4v) is 3.03. The van der Waals surface area contributed by atoms with Crippen LogP contribution in [0.3, 0.4) is 0 Å². The topological polar surface area (TPSA) is 45.5 Å². The third-order valence-corrected chi connectivity index (χ3v) is 4.40. The summed E-state index contributed by atoms with van der Waals surface area (Å²) in [4.78, 5) is 14.1. The highest BCUT2D eigenvalue weighted by atomic mass is 16.3. The molecule has 0 unspecified atom stereocenters. The highest BCUT2D eigenvalue weighted by Gasteiger charge is 2.20. The summed E-state index contributed by atoms with van der Waals surface area (Å²) in [5, 5.41) is 2.57. The Kier molecular flexibility index (Phi) is 4.29. The van der Waals surface area contributed by atoms with E-state index >= 15 is 0 Å². The number of hydrogen-bond donors (Lipinski definition) is 1. The number of furan rings is 1. The monoisotopic (exact) mass is 298 g/mol. The predicted octanol–water partition coefficient (Wildman–Crippen LogP) is 3.46. The van der Waals surface area contributed by atoms with E-state index in [9.17, 15) is 4.79 Å². The van der Waals surface area contributed by atoms with Crippen LogP contribution in [-0.4, -0.2) is 30.9 Å². The first-order valence-corrected chi connectivity index (χ1v) is 7.85. The van der Waals surface area contributed by atoms with Gasteiger partial charge in [-0.2, -0.15) is 0 Å². The van der Waals surface area contributed by atoms with Crippen molar-refractivity contribution >= 4 is 5.91 Å². The Hall–Kier alpha value is -2.07. The van der Waals surface area contributed by atoms with Crippen molar-refractivity contribution in [3.05, 3.63) is 47.7 Å². The van der Waals surface area contributed by atoms with Crippen LogP contribution in [0.15, 0.2) is 40.8 Å². The lowest BCUT2D eigenvalue weighted by Gasteiger charge is -2.24. The zero-order valence-corrected chi connectivity index (χ0v) is 13.1. The molecule has 1 atom stereocenters. The quantitative estimate of drug-likeness (QED) is 0.940. The van der Waals surface area contributed by atoms with Crippen LogP contribution in [0, 0.1) is 0 Å². The predicted molar refractivity (Wildman–Crippen MR) is 86.8 cm³/mol. The van der Waals surface area contributed by atoms with Gasteiger partial charge in [0.1, 0.15) is 5.76 Å². The van der Waals surface area contributed by atoms with E-state index in [-0.39, 0.29) is 5.91 Å². The molecule has 1 saturated heterocycles. The highest BCUT2D eigenvalue weighted by Crippen LogP contribution is 2.29. The van der Waals surface area contributed by atoms with Crippen LogP contribution < -0.4 is 5.32 Å². The maximum absolute atomic E-state index is 11.6. The SMILES string of the molecule is CNC(=O)c1ccc(-c2cccc([C@@H](C)N3CCCC3)c2)o1. The number of rotatable bonds is 4. The molecular formula is C18H22N2O2. The van der Waals surface area contributed by atoms with E-state index in [1.807, 2.05) is 12.1 Å². The van der Waals surface area contributed by atoms with Gasteiger partial charge in [0.25, 0.3) is 5.91 Å². The summed E-state index contributed by atoms with van der Waals surface area (Å²) in [5.41, 5.74) is 2.30. The normalized spacial score (nSPS) is 16.6. The first kappa shape index (κ1) is 14.9. The van der Waals surface area contributed by atoms with E-state index in [0.29, 0.717) is 11.8 Å². The van der Waals surface area contributed by atoms with Gasteiger partial charge in [0, 0.05) is 18.7 Å². The van der Waals surface area contributed by atoms with Gasteiger partial charge >= 0.3 is 0 Å². The molecule has 0 radical (unpaired) electrons. The lowest BCUT2D eigenvalue weighted by molar-refractivity contribution is 0.0936. The number of hydrogen-bond acceptors (Lipinski definition) is 3. The molecule has 2 heterocycles. The van der Waals surface area contributed by atoms with E-state index in [2.05, 4.69) is 35.3 Å². The van der Waals surface area contributed by atoms with Gasteiger partial charge in [-0.15, -0.1) is 0 Å². The van der Waals surface area contributed by atoms with Gasteiger partial charge in [0.2, 0.25) is 0 Å². The Balaban J connectivity index is 1.84. The molecule has 4 heteroatoms. The largest absolute Gasteiger partial charge is 0.451 e. The molecule has 22 heavy (non-hydrogen) atoms. The number of likely N-dealkylation sites (tertiary alicyclic amines) is 1. The van der Waals surface area contributed by atoms with Gasteiger partial charge in [-0.3, -0.25) is 9.69 Å². The van der Waals surface area contributed by atoms with Crippen molar-refractivity contribution in [2.24, 2.45) is 0 Å². The number of carbonyl (C=O) groups excluding carboxylic acids is 1. The van der Waals surface area contributed by atoms with Crippen molar-refractivity contribution < 1.29 is 9.21 Å². The van der Waals surface area contributed by atoms with Crippen molar-refractivity contribution in [3.8, 4) is 11.3 Å². The molecule has 1 aromatic carbocycles. The molecule has 0 aliphatic carbocycles. The summed E-state index contributed by atoms with van der Waals surface area (Å²) in [6, 6.07) is 12.4. The van der Waals surface area contributed by atoms with Crippen molar-refractivity contribution in [2.75, 3.05) is 20.1 Å². The number of amides is 1. The van der Waals surface area contributed by atoms with Gasteiger partial charge in [0.05, 0.1) is 0 Å². The second-order valence-electron chi connectivity index (χ2n) is 5.79. The Bertz CT molecular complexity index is 657. The van der Waals surface area contributed by atoms with Crippen LogP contribution in [0.2, 0.25) is 0 Å². The van der Waals surface area contributed by atoms with Crippen molar-refractivity contribution in [1.82, 2.24) is 10.2 Å². The molecule has 2 aromatic rings. The van der Waals surface area contributed by atoms with Gasteiger partial charge in [-0.05, 0) is 56.6 Å². The number of nitrogens with one attached hydrogen (secondary N) is 1.